The highest BCUT2D eigenvalue weighted by Crippen LogP contribution is 2.30. The molecule has 1 amide bonds. The van der Waals surface area contributed by atoms with Crippen molar-refractivity contribution in [2.75, 3.05) is 13.2 Å². The van der Waals surface area contributed by atoms with Crippen molar-refractivity contribution in [2.24, 2.45) is 5.92 Å². The molecule has 0 aliphatic carbocycles. The Hall–Kier alpha value is -2.24. The largest absolute Gasteiger partial charge is 0.486 e. The van der Waals surface area contributed by atoms with Crippen molar-refractivity contribution in [3.05, 3.63) is 23.8 Å². The van der Waals surface area contributed by atoms with Gasteiger partial charge in [0.05, 0.1) is 0 Å². The third-order valence-corrected chi connectivity index (χ3v) is 3.11. The first kappa shape index (κ1) is 15.2. The maximum Gasteiger partial charge on any atom is 0.326 e. The lowest BCUT2D eigenvalue weighted by Gasteiger charge is -2.20. The van der Waals surface area contributed by atoms with Crippen LogP contribution in [0.15, 0.2) is 18.2 Å². The number of carbonyl (C=O) groups is 2. The van der Waals surface area contributed by atoms with Crippen LogP contribution in [0.25, 0.3) is 0 Å². The van der Waals surface area contributed by atoms with Gasteiger partial charge in [0.2, 0.25) is 0 Å². The Morgan fingerprint density at radius 1 is 1.24 bits per heavy atom. The molecule has 2 N–H and O–H groups in total. The van der Waals surface area contributed by atoms with E-state index in [0.29, 0.717) is 36.7 Å². The number of carboxylic acid groups (broad SMARTS) is 1. The highest BCUT2D eigenvalue weighted by Gasteiger charge is 2.22. The van der Waals surface area contributed by atoms with E-state index in [9.17, 15) is 9.59 Å². The molecule has 0 unspecified atom stereocenters. The second-order valence-electron chi connectivity index (χ2n) is 5.35. The third kappa shape index (κ3) is 3.87. The average molecular weight is 293 g/mol. The molecule has 0 spiro atoms. The van der Waals surface area contributed by atoms with Gasteiger partial charge in [-0.05, 0) is 30.5 Å². The predicted molar refractivity (Wildman–Crippen MR) is 75.8 cm³/mol. The number of hydrogen-bond acceptors (Lipinski definition) is 4. The number of carbonyl (C=O) groups excluding carboxylic acids is 1. The van der Waals surface area contributed by atoms with Crippen molar-refractivity contribution in [2.45, 2.75) is 26.3 Å². The summed E-state index contributed by atoms with van der Waals surface area (Å²) in [5.41, 5.74) is 0.356. The Morgan fingerprint density at radius 2 is 1.90 bits per heavy atom. The Morgan fingerprint density at radius 3 is 2.52 bits per heavy atom. The number of benzene rings is 1. The van der Waals surface area contributed by atoms with Gasteiger partial charge >= 0.3 is 5.97 Å². The first-order valence-corrected chi connectivity index (χ1v) is 6.90. The molecule has 1 aromatic carbocycles. The molecular weight excluding hydrogens is 274 g/mol. The van der Waals surface area contributed by atoms with Crippen LogP contribution in [0, 0.1) is 5.92 Å². The van der Waals surface area contributed by atoms with E-state index in [2.05, 4.69) is 5.32 Å². The zero-order valence-electron chi connectivity index (χ0n) is 12.1. The molecule has 0 aromatic heterocycles. The van der Waals surface area contributed by atoms with Crippen LogP contribution in [-0.4, -0.2) is 36.2 Å². The van der Waals surface area contributed by atoms with Gasteiger partial charge in [-0.2, -0.15) is 0 Å². The summed E-state index contributed by atoms with van der Waals surface area (Å²) in [4.78, 5) is 23.3. The summed E-state index contributed by atoms with van der Waals surface area (Å²) in [5, 5.41) is 11.7. The van der Waals surface area contributed by atoms with Crippen LogP contribution >= 0.6 is 0 Å². The number of rotatable bonds is 5. The lowest BCUT2D eigenvalue weighted by Crippen LogP contribution is -2.41. The summed E-state index contributed by atoms with van der Waals surface area (Å²) < 4.78 is 10.8. The van der Waals surface area contributed by atoms with Crippen LogP contribution in [0.1, 0.15) is 30.6 Å². The Labute approximate surface area is 123 Å². The SMILES string of the molecule is CC(C)C[C@@H](NC(=O)c1ccc2c(c1)OCCO2)C(=O)O. The highest BCUT2D eigenvalue weighted by molar-refractivity contribution is 5.97. The quantitative estimate of drug-likeness (QED) is 0.863. The van der Waals surface area contributed by atoms with Crippen LogP contribution in [0.5, 0.6) is 11.5 Å². The fraction of sp³-hybridized carbons (Fsp3) is 0.467. The molecule has 1 aromatic rings. The summed E-state index contributed by atoms with van der Waals surface area (Å²) in [6.07, 6.45) is 0.381. The minimum absolute atomic E-state index is 0.173. The van der Waals surface area contributed by atoms with E-state index in [1.54, 1.807) is 18.2 Å². The summed E-state index contributed by atoms with van der Waals surface area (Å²) in [6, 6.07) is 3.92. The van der Waals surface area contributed by atoms with Gasteiger partial charge in [0, 0.05) is 5.56 Å². The molecule has 1 atom stereocenters. The predicted octanol–water partition coefficient (Wildman–Crippen LogP) is 1.69. The van der Waals surface area contributed by atoms with Crippen molar-refractivity contribution in [1.82, 2.24) is 5.32 Å². The minimum atomic E-state index is -1.03. The minimum Gasteiger partial charge on any atom is -0.486 e. The maximum atomic E-state index is 12.2. The van der Waals surface area contributed by atoms with E-state index in [4.69, 9.17) is 14.6 Å². The van der Waals surface area contributed by atoms with Gasteiger partial charge in [0.25, 0.3) is 5.91 Å². The first-order valence-electron chi connectivity index (χ1n) is 6.90. The number of aliphatic carboxylic acids is 1. The van der Waals surface area contributed by atoms with E-state index < -0.39 is 17.9 Å². The number of carboxylic acids is 1. The van der Waals surface area contributed by atoms with Gasteiger partial charge in [0.1, 0.15) is 19.3 Å². The average Bonchev–Trinajstić information content (AvgIpc) is 2.45. The van der Waals surface area contributed by atoms with Crippen molar-refractivity contribution in [3.63, 3.8) is 0 Å². The van der Waals surface area contributed by atoms with Crippen LogP contribution in [0.2, 0.25) is 0 Å². The normalized spacial score (nSPS) is 14.6. The molecule has 0 radical (unpaired) electrons. The number of amides is 1. The zero-order valence-corrected chi connectivity index (χ0v) is 12.1. The molecular formula is C15H19NO5. The summed E-state index contributed by atoms with van der Waals surface area (Å²) in [7, 11) is 0. The van der Waals surface area contributed by atoms with Crippen LogP contribution in [0.4, 0.5) is 0 Å². The van der Waals surface area contributed by atoms with Crippen LogP contribution in [0.3, 0.4) is 0 Å². The molecule has 2 rings (SSSR count). The molecule has 0 fully saturated rings. The topological polar surface area (TPSA) is 84.9 Å². The Balaban J connectivity index is 2.10. The number of ether oxygens (including phenoxy) is 2. The van der Waals surface area contributed by atoms with Gasteiger partial charge in [-0.1, -0.05) is 13.8 Å². The molecule has 0 bridgehead atoms. The van der Waals surface area contributed by atoms with E-state index >= 15 is 0 Å². The van der Waals surface area contributed by atoms with Crippen molar-refractivity contribution in [1.29, 1.82) is 0 Å². The fourth-order valence-electron chi connectivity index (χ4n) is 2.12. The van der Waals surface area contributed by atoms with Gasteiger partial charge in [-0.3, -0.25) is 4.79 Å². The smallest absolute Gasteiger partial charge is 0.326 e. The molecule has 6 nitrogen and oxygen atoms in total. The lowest BCUT2D eigenvalue weighted by atomic mass is 10.0. The van der Waals surface area contributed by atoms with Crippen molar-refractivity contribution >= 4 is 11.9 Å². The molecule has 0 saturated carbocycles. The van der Waals surface area contributed by atoms with E-state index in [0.717, 1.165) is 0 Å². The monoisotopic (exact) mass is 293 g/mol. The molecule has 1 aliphatic heterocycles. The number of fused-ring (bicyclic) bond motifs is 1. The second-order valence-corrected chi connectivity index (χ2v) is 5.35. The van der Waals surface area contributed by atoms with E-state index in [-0.39, 0.29) is 5.92 Å². The highest BCUT2D eigenvalue weighted by atomic mass is 16.6. The van der Waals surface area contributed by atoms with Gasteiger partial charge < -0.3 is 19.9 Å². The zero-order chi connectivity index (χ0) is 15.4. The Bertz CT molecular complexity index is 541. The van der Waals surface area contributed by atoms with Crippen molar-refractivity contribution < 1.29 is 24.2 Å². The summed E-state index contributed by atoms with van der Waals surface area (Å²) >= 11 is 0. The van der Waals surface area contributed by atoms with Crippen LogP contribution < -0.4 is 14.8 Å². The van der Waals surface area contributed by atoms with Gasteiger partial charge in [-0.25, -0.2) is 4.79 Å². The fourth-order valence-corrected chi connectivity index (χ4v) is 2.12. The second kappa shape index (κ2) is 6.47. The molecule has 114 valence electrons. The van der Waals surface area contributed by atoms with Crippen LogP contribution in [-0.2, 0) is 4.79 Å². The Kier molecular flexibility index (Phi) is 4.67. The standard InChI is InChI=1S/C15H19NO5/c1-9(2)7-11(15(18)19)16-14(17)10-3-4-12-13(8-10)21-6-5-20-12/h3-4,8-9,11H,5-7H2,1-2H3,(H,16,17)(H,18,19)/t11-/m1/s1. The molecule has 21 heavy (non-hydrogen) atoms. The van der Waals surface area contributed by atoms with Gasteiger partial charge in [-0.15, -0.1) is 0 Å². The van der Waals surface area contributed by atoms with E-state index in [1.807, 2.05) is 13.8 Å². The number of hydrogen-bond donors (Lipinski definition) is 2. The molecule has 1 heterocycles. The molecule has 6 heteroatoms. The van der Waals surface area contributed by atoms with E-state index in [1.165, 1.54) is 0 Å². The third-order valence-electron chi connectivity index (χ3n) is 3.11. The van der Waals surface area contributed by atoms with Gasteiger partial charge in [0.15, 0.2) is 11.5 Å². The summed E-state index contributed by atoms with van der Waals surface area (Å²) in [6.45, 7) is 4.73. The lowest BCUT2D eigenvalue weighted by molar-refractivity contribution is -0.139. The number of nitrogens with one attached hydrogen (secondary N) is 1. The maximum absolute atomic E-state index is 12.2. The van der Waals surface area contributed by atoms with Crippen molar-refractivity contribution in [3.8, 4) is 11.5 Å². The summed E-state index contributed by atoms with van der Waals surface area (Å²) in [5.74, 6) is -0.194. The first-order chi connectivity index (χ1) is 9.97. The molecule has 0 saturated heterocycles. The molecule has 1 aliphatic rings.